The molecule has 7 nitrogen and oxygen atoms in total. The lowest BCUT2D eigenvalue weighted by Crippen LogP contribution is -2.67. The third-order valence-corrected chi connectivity index (χ3v) is 2.69. The number of carbonyl (C=O) groups excluding carboxylic acids is 1. The van der Waals surface area contributed by atoms with E-state index in [4.69, 9.17) is 9.84 Å². The molecule has 0 aromatic rings. The van der Waals surface area contributed by atoms with Gasteiger partial charge in [-0.05, 0) is 0 Å². The topological polar surface area (TPSA) is 108 Å². The van der Waals surface area contributed by atoms with Crippen LogP contribution in [0.5, 0.6) is 0 Å². The molecule has 0 unspecified atom stereocenters. The molecule has 7 heteroatoms. The number of hydrogen-bond donors (Lipinski definition) is 4. The highest BCUT2D eigenvalue weighted by Gasteiger charge is 2.47. The molecule has 0 saturated carbocycles. The van der Waals surface area contributed by atoms with Crippen LogP contribution in [0.4, 0.5) is 4.79 Å². The number of carbonyl (C=O) groups is 1. The molecule has 2 saturated heterocycles. The standard InChI is InChI=1S/C8H13NO6/c10-1-3-6(11)7(12)5-4(15-3)2-14-8(13)9-5/h3-7,10-12H,1-2H2,(H,9,13)/t3-,4+,5-,6+,7-/m1/s1. The van der Waals surface area contributed by atoms with Crippen molar-refractivity contribution in [3.63, 3.8) is 0 Å². The van der Waals surface area contributed by atoms with Gasteiger partial charge in [0.05, 0.1) is 12.6 Å². The molecular formula is C8H13NO6. The Morgan fingerprint density at radius 2 is 2.13 bits per heavy atom. The van der Waals surface area contributed by atoms with Gasteiger partial charge < -0.3 is 30.1 Å². The Balaban J connectivity index is 2.11. The van der Waals surface area contributed by atoms with Gasteiger partial charge in [0.25, 0.3) is 0 Å². The van der Waals surface area contributed by atoms with Gasteiger partial charge in [-0.25, -0.2) is 4.79 Å². The highest BCUT2D eigenvalue weighted by atomic mass is 16.6. The highest BCUT2D eigenvalue weighted by molar-refractivity contribution is 5.68. The van der Waals surface area contributed by atoms with Crippen LogP contribution in [0.3, 0.4) is 0 Å². The first-order chi connectivity index (χ1) is 7.13. The molecule has 2 aliphatic heterocycles. The van der Waals surface area contributed by atoms with E-state index in [0.29, 0.717) is 0 Å². The number of aliphatic hydroxyl groups excluding tert-OH is 3. The number of hydrogen-bond acceptors (Lipinski definition) is 6. The minimum Gasteiger partial charge on any atom is -0.447 e. The fraction of sp³-hybridized carbons (Fsp3) is 0.875. The molecule has 0 radical (unpaired) electrons. The van der Waals surface area contributed by atoms with Crippen molar-refractivity contribution in [2.24, 2.45) is 0 Å². The van der Waals surface area contributed by atoms with Crippen LogP contribution in [0.2, 0.25) is 0 Å². The molecule has 0 aliphatic carbocycles. The molecule has 2 aliphatic rings. The number of aliphatic hydroxyl groups is 3. The lowest BCUT2D eigenvalue weighted by Gasteiger charge is -2.44. The smallest absolute Gasteiger partial charge is 0.407 e. The molecule has 2 rings (SSSR count). The summed E-state index contributed by atoms with van der Waals surface area (Å²) in [7, 11) is 0. The van der Waals surface area contributed by atoms with Gasteiger partial charge in [0.15, 0.2) is 0 Å². The lowest BCUT2D eigenvalue weighted by atomic mass is 9.92. The number of fused-ring (bicyclic) bond motifs is 1. The van der Waals surface area contributed by atoms with Crippen LogP contribution in [-0.2, 0) is 9.47 Å². The van der Waals surface area contributed by atoms with E-state index in [0.717, 1.165) is 0 Å². The van der Waals surface area contributed by atoms with E-state index in [1.807, 2.05) is 0 Å². The normalized spacial score (nSPS) is 45.3. The van der Waals surface area contributed by atoms with Crippen LogP contribution in [0.15, 0.2) is 0 Å². The Morgan fingerprint density at radius 1 is 1.40 bits per heavy atom. The van der Waals surface area contributed by atoms with Crippen molar-refractivity contribution in [1.29, 1.82) is 0 Å². The van der Waals surface area contributed by atoms with Crippen molar-refractivity contribution in [3.05, 3.63) is 0 Å². The minimum absolute atomic E-state index is 0.0107. The maximum atomic E-state index is 10.9. The summed E-state index contributed by atoms with van der Waals surface area (Å²) >= 11 is 0. The summed E-state index contributed by atoms with van der Waals surface area (Å²) in [5, 5.41) is 30.5. The molecule has 4 N–H and O–H groups in total. The molecule has 2 fully saturated rings. The molecule has 5 atom stereocenters. The molecule has 15 heavy (non-hydrogen) atoms. The average molecular weight is 219 g/mol. The number of nitrogens with one attached hydrogen (secondary N) is 1. The van der Waals surface area contributed by atoms with Crippen LogP contribution in [0.1, 0.15) is 0 Å². The second-order valence-electron chi connectivity index (χ2n) is 3.65. The molecule has 0 bridgehead atoms. The Kier molecular flexibility index (Phi) is 2.79. The molecule has 0 spiro atoms. The van der Waals surface area contributed by atoms with Crippen molar-refractivity contribution in [2.75, 3.05) is 13.2 Å². The molecule has 0 aromatic heterocycles. The number of amides is 1. The third-order valence-electron chi connectivity index (χ3n) is 2.69. The summed E-state index contributed by atoms with van der Waals surface area (Å²) in [6.07, 6.45) is -4.41. The zero-order valence-electron chi connectivity index (χ0n) is 7.87. The third kappa shape index (κ3) is 1.78. The van der Waals surface area contributed by atoms with Gasteiger partial charge in [-0.1, -0.05) is 0 Å². The molecule has 86 valence electrons. The highest BCUT2D eigenvalue weighted by Crippen LogP contribution is 2.23. The predicted molar refractivity (Wildman–Crippen MR) is 46.0 cm³/mol. The van der Waals surface area contributed by atoms with Crippen molar-refractivity contribution in [1.82, 2.24) is 5.32 Å². The van der Waals surface area contributed by atoms with E-state index in [-0.39, 0.29) is 6.61 Å². The summed E-state index contributed by atoms with van der Waals surface area (Å²) in [6.45, 7) is -0.383. The van der Waals surface area contributed by atoms with Crippen molar-refractivity contribution >= 4 is 6.09 Å². The summed E-state index contributed by atoms with van der Waals surface area (Å²) in [6, 6.07) is -0.691. The lowest BCUT2D eigenvalue weighted by molar-refractivity contribution is -0.208. The van der Waals surface area contributed by atoms with E-state index >= 15 is 0 Å². The van der Waals surface area contributed by atoms with Crippen LogP contribution in [0.25, 0.3) is 0 Å². The van der Waals surface area contributed by atoms with Gasteiger partial charge in [-0.3, -0.25) is 0 Å². The van der Waals surface area contributed by atoms with Crippen molar-refractivity contribution < 1.29 is 29.6 Å². The molecule has 1 amide bonds. The first kappa shape index (κ1) is 10.6. The summed E-state index contributed by atoms with van der Waals surface area (Å²) < 4.78 is 9.95. The van der Waals surface area contributed by atoms with Gasteiger partial charge in [0.1, 0.15) is 31.0 Å². The van der Waals surface area contributed by atoms with Crippen LogP contribution >= 0.6 is 0 Å². The van der Waals surface area contributed by atoms with Crippen LogP contribution in [-0.4, -0.2) is 65.1 Å². The van der Waals surface area contributed by atoms with Gasteiger partial charge in [-0.2, -0.15) is 0 Å². The second-order valence-corrected chi connectivity index (χ2v) is 3.65. The maximum absolute atomic E-state index is 10.9. The van der Waals surface area contributed by atoms with Gasteiger partial charge in [0.2, 0.25) is 0 Å². The fourth-order valence-electron chi connectivity index (χ4n) is 1.85. The molecule has 0 aromatic carbocycles. The number of ether oxygens (including phenoxy) is 2. The van der Waals surface area contributed by atoms with Crippen LogP contribution < -0.4 is 5.32 Å². The van der Waals surface area contributed by atoms with Crippen molar-refractivity contribution in [3.8, 4) is 0 Å². The monoisotopic (exact) mass is 219 g/mol. The van der Waals surface area contributed by atoms with E-state index in [1.54, 1.807) is 0 Å². The van der Waals surface area contributed by atoms with Gasteiger partial charge in [-0.15, -0.1) is 0 Å². The fourth-order valence-corrected chi connectivity index (χ4v) is 1.85. The minimum atomic E-state index is -1.21. The number of rotatable bonds is 1. The van der Waals surface area contributed by atoms with Gasteiger partial charge >= 0.3 is 6.09 Å². The maximum Gasteiger partial charge on any atom is 0.407 e. The Hall–Kier alpha value is -0.890. The SMILES string of the molecule is O=C1N[C@H]2[C@@H](O)[C@@H](O)[C@@H](CO)O[C@H]2CO1. The summed E-state index contributed by atoms with van der Waals surface area (Å²) in [5.41, 5.74) is 0. The Labute approximate surface area is 85.6 Å². The van der Waals surface area contributed by atoms with E-state index in [1.165, 1.54) is 0 Å². The largest absolute Gasteiger partial charge is 0.447 e. The van der Waals surface area contributed by atoms with E-state index < -0.39 is 43.2 Å². The average Bonchev–Trinajstić information content (AvgIpc) is 2.24. The van der Waals surface area contributed by atoms with Gasteiger partial charge in [0, 0.05) is 0 Å². The quantitative estimate of drug-likeness (QED) is 0.391. The first-order valence-electron chi connectivity index (χ1n) is 4.69. The Bertz CT molecular complexity index is 258. The number of cyclic esters (lactones) is 1. The predicted octanol–water partition coefficient (Wildman–Crippen LogP) is -2.42. The Morgan fingerprint density at radius 3 is 2.80 bits per heavy atom. The van der Waals surface area contributed by atoms with Crippen molar-refractivity contribution in [2.45, 2.75) is 30.5 Å². The number of alkyl carbamates (subject to hydrolysis) is 1. The molecule has 2 heterocycles. The van der Waals surface area contributed by atoms with Crippen LogP contribution in [0, 0.1) is 0 Å². The van der Waals surface area contributed by atoms with E-state index in [9.17, 15) is 15.0 Å². The zero-order valence-corrected chi connectivity index (χ0v) is 7.87. The van der Waals surface area contributed by atoms with E-state index in [2.05, 4.69) is 10.1 Å². The second kappa shape index (κ2) is 3.93. The molecular weight excluding hydrogens is 206 g/mol. The first-order valence-corrected chi connectivity index (χ1v) is 4.69. The summed E-state index contributed by atoms with van der Waals surface area (Å²) in [4.78, 5) is 10.9. The summed E-state index contributed by atoms with van der Waals surface area (Å²) in [5.74, 6) is 0. The zero-order chi connectivity index (χ0) is 11.0.